The van der Waals surface area contributed by atoms with Gasteiger partial charge in [0.25, 0.3) is 5.91 Å². The molecule has 5 rings (SSSR count). The maximum Gasteiger partial charge on any atom is 0.353 e. The monoisotopic (exact) mass is 361 g/mol. The van der Waals surface area contributed by atoms with Crippen molar-refractivity contribution in [1.29, 1.82) is 0 Å². The number of aromatic nitrogens is 2. The maximum absolute atomic E-state index is 12.2. The highest BCUT2D eigenvalue weighted by atomic mass is 32.2. The highest BCUT2D eigenvalue weighted by Gasteiger charge is 2.49. The van der Waals surface area contributed by atoms with E-state index in [1.165, 1.54) is 32.6 Å². The van der Waals surface area contributed by atoms with Gasteiger partial charge in [0.15, 0.2) is 4.96 Å². The number of thiazole rings is 1. The molecule has 0 spiro atoms. The smallest absolute Gasteiger partial charge is 0.353 e. The average Bonchev–Trinajstić information content (AvgIpc) is 3.22. The second-order valence-corrected chi connectivity index (χ2v) is 7.68. The molecular weight excluding hydrogens is 350 g/mol. The normalized spacial score (nSPS) is 24.1. The number of imidazole rings is 1. The lowest BCUT2D eigenvalue weighted by atomic mass is 10.0. The number of carbonyl (C=O) groups excluding carboxylic acids is 1. The number of amides is 1. The largest absolute Gasteiger partial charge is 0.477 e. The molecule has 3 aliphatic rings. The van der Waals surface area contributed by atoms with Crippen molar-refractivity contribution >= 4 is 46.0 Å². The molecule has 5 heterocycles. The number of β-lactam (4-membered cyclic amide) rings is 1. The Morgan fingerprint density at radius 1 is 1.50 bits per heavy atom. The van der Waals surface area contributed by atoms with Crippen molar-refractivity contribution in [2.45, 2.75) is 18.4 Å². The number of rotatable bonds is 2. The molecule has 1 N–H and O–H groups in total. The van der Waals surface area contributed by atoms with Crippen LogP contribution in [-0.2, 0) is 27.4 Å². The first-order chi connectivity index (χ1) is 11.6. The standard InChI is InChI=1S/C15H11N3O4S2/c19-12-8(13-18(12)10(6-23-13)14(20)21)3-7-4-17-9-1-2-22-5-11(9)24-15(17)16-7/h3-4,6,13H,1-2,5H2,(H,20,21)/b8-3-/t13-/m1/s1. The van der Waals surface area contributed by atoms with E-state index in [0.29, 0.717) is 18.8 Å². The third-order valence-corrected chi connectivity index (χ3v) is 6.44. The summed E-state index contributed by atoms with van der Waals surface area (Å²) in [5.74, 6) is -1.33. The van der Waals surface area contributed by atoms with Gasteiger partial charge in [0.2, 0.25) is 0 Å². The third kappa shape index (κ3) is 1.86. The fraction of sp³-hybridized carbons (Fsp3) is 0.267. The highest BCUT2D eigenvalue weighted by Crippen LogP contribution is 2.45. The van der Waals surface area contributed by atoms with Crippen molar-refractivity contribution in [2.24, 2.45) is 0 Å². The molecule has 2 aromatic heterocycles. The van der Waals surface area contributed by atoms with Gasteiger partial charge >= 0.3 is 5.97 Å². The molecule has 24 heavy (non-hydrogen) atoms. The van der Waals surface area contributed by atoms with Crippen LogP contribution in [0.1, 0.15) is 16.3 Å². The van der Waals surface area contributed by atoms with Crippen molar-refractivity contribution in [3.63, 3.8) is 0 Å². The molecule has 1 fully saturated rings. The van der Waals surface area contributed by atoms with Gasteiger partial charge in [0.1, 0.15) is 11.1 Å². The highest BCUT2D eigenvalue weighted by molar-refractivity contribution is 8.03. The summed E-state index contributed by atoms with van der Waals surface area (Å²) in [4.78, 5) is 31.3. The minimum atomic E-state index is -1.08. The number of aliphatic carboxylic acids is 1. The number of nitrogens with zero attached hydrogens (tertiary/aromatic N) is 3. The van der Waals surface area contributed by atoms with E-state index in [4.69, 9.17) is 9.84 Å². The van der Waals surface area contributed by atoms with Gasteiger partial charge in [-0.15, -0.1) is 11.8 Å². The van der Waals surface area contributed by atoms with E-state index in [1.807, 2.05) is 6.20 Å². The van der Waals surface area contributed by atoms with Crippen LogP contribution in [-0.4, -0.2) is 43.2 Å². The first-order valence-electron chi connectivity index (χ1n) is 7.35. The summed E-state index contributed by atoms with van der Waals surface area (Å²) in [5.41, 5.74) is 2.59. The van der Waals surface area contributed by atoms with Gasteiger partial charge in [-0.1, -0.05) is 11.3 Å². The Labute approximate surface area is 144 Å². The number of hydrogen-bond acceptors (Lipinski definition) is 6. The summed E-state index contributed by atoms with van der Waals surface area (Å²) in [6, 6.07) is 0. The zero-order valence-electron chi connectivity index (χ0n) is 12.3. The lowest BCUT2D eigenvalue weighted by molar-refractivity contribution is -0.141. The van der Waals surface area contributed by atoms with E-state index in [2.05, 4.69) is 9.38 Å². The van der Waals surface area contributed by atoms with Gasteiger partial charge in [-0.05, 0) is 6.08 Å². The third-order valence-electron chi connectivity index (χ3n) is 4.29. The van der Waals surface area contributed by atoms with Gasteiger partial charge in [0, 0.05) is 23.7 Å². The zero-order chi connectivity index (χ0) is 16.4. The van der Waals surface area contributed by atoms with Crippen LogP contribution >= 0.6 is 23.1 Å². The van der Waals surface area contributed by atoms with Crippen LogP contribution in [0.2, 0.25) is 0 Å². The summed E-state index contributed by atoms with van der Waals surface area (Å²) in [7, 11) is 0. The van der Waals surface area contributed by atoms with Crippen molar-refractivity contribution in [2.75, 3.05) is 6.61 Å². The van der Waals surface area contributed by atoms with Gasteiger partial charge < -0.3 is 9.84 Å². The first-order valence-corrected chi connectivity index (χ1v) is 9.11. The summed E-state index contributed by atoms with van der Waals surface area (Å²) < 4.78 is 7.53. The lowest BCUT2D eigenvalue weighted by Crippen LogP contribution is -2.51. The SMILES string of the molecule is O=C(O)C1=CS[C@@H]2/C(=C\c3cn4c5c(sc4n3)COCC5)C(=O)N12. The molecule has 9 heteroatoms. The molecule has 0 unspecified atom stereocenters. The molecule has 0 saturated carbocycles. The van der Waals surface area contributed by atoms with E-state index in [-0.39, 0.29) is 17.0 Å². The van der Waals surface area contributed by atoms with Crippen LogP contribution in [0.4, 0.5) is 0 Å². The van der Waals surface area contributed by atoms with Gasteiger partial charge in [-0.3, -0.25) is 14.1 Å². The van der Waals surface area contributed by atoms with Crippen molar-refractivity contribution in [3.8, 4) is 0 Å². The van der Waals surface area contributed by atoms with Crippen LogP contribution in [0.5, 0.6) is 0 Å². The van der Waals surface area contributed by atoms with Gasteiger partial charge in [-0.25, -0.2) is 9.78 Å². The minimum Gasteiger partial charge on any atom is -0.477 e. The molecule has 0 bridgehead atoms. The topological polar surface area (TPSA) is 84.1 Å². The Hall–Kier alpha value is -2.10. The molecule has 0 radical (unpaired) electrons. The van der Waals surface area contributed by atoms with Gasteiger partial charge in [-0.2, -0.15) is 0 Å². The van der Waals surface area contributed by atoms with Crippen LogP contribution in [0.25, 0.3) is 11.0 Å². The molecule has 2 aromatic rings. The number of fused-ring (bicyclic) bond motifs is 4. The first kappa shape index (κ1) is 14.3. The van der Waals surface area contributed by atoms with Crippen LogP contribution < -0.4 is 0 Å². The number of carboxylic acid groups (broad SMARTS) is 1. The van der Waals surface area contributed by atoms with E-state index >= 15 is 0 Å². The number of hydrogen-bond donors (Lipinski definition) is 1. The van der Waals surface area contributed by atoms with E-state index in [9.17, 15) is 9.59 Å². The molecule has 7 nitrogen and oxygen atoms in total. The van der Waals surface area contributed by atoms with Crippen LogP contribution in [0, 0.1) is 0 Å². The fourth-order valence-corrected chi connectivity index (χ4v) is 5.36. The molecule has 122 valence electrons. The number of carboxylic acids is 1. The minimum absolute atomic E-state index is 0.0482. The number of ether oxygens (including phenoxy) is 1. The molecule has 0 aliphatic carbocycles. The molecular formula is C15H11N3O4S2. The molecule has 1 amide bonds. The summed E-state index contributed by atoms with van der Waals surface area (Å²) in [6.45, 7) is 1.35. The summed E-state index contributed by atoms with van der Waals surface area (Å²) >= 11 is 2.94. The van der Waals surface area contributed by atoms with Crippen molar-refractivity contribution in [1.82, 2.24) is 14.3 Å². The lowest BCUT2D eigenvalue weighted by Gasteiger charge is -2.36. The van der Waals surface area contributed by atoms with Crippen molar-refractivity contribution < 1.29 is 19.4 Å². The molecule has 3 aliphatic heterocycles. The molecule has 1 atom stereocenters. The van der Waals surface area contributed by atoms with E-state index in [0.717, 1.165) is 17.1 Å². The zero-order valence-corrected chi connectivity index (χ0v) is 13.9. The molecule has 0 aromatic carbocycles. The maximum atomic E-state index is 12.2. The fourth-order valence-electron chi connectivity index (χ4n) is 3.15. The number of thioether (sulfide) groups is 1. The van der Waals surface area contributed by atoms with Crippen molar-refractivity contribution in [3.05, 3.63) is 39.1 Å². The Bertz CT molecular complexity index is 971. The Kier molecular flexibility index (Phi) is 2.94. The summed E-state index contributed by atoms with van der Waals surface area (Å²) in [6.07, 6.45) is 4.56. The Morgan fingerprint density at radius 2 is 2.38 bits per heavy atom. The molecule has 1 saturated heterocycles. The van der Waals surface area contributed by atoms with Crippen LogP contribution in [0.3, 0.4) is 0 Å². The van der Waals surface area contributed by atoms with E-state index in [1.54, 1.807) is 17.4 Å². The Morgan fingerprint density at radius 3 is 3.21 bits per heavy atom. The van der Waals surface area contributed by atoms with E-state index < -0.39 is 5.97 Å². The second-order valence-electron chi connectivity index (χ2n) is 5.66. The van der Waals surface area contributed by atoms with Gasteiger partial charge in [0.05, 0.1) is 29.4 Å². The second kappa shape index (κ2) is 4.95. The predicted octanol–water partition coefficient (Wildman–Crippen LogP) is 1.69. The number of carbonyl (C=O) groups is 2. The summed E-state index contributed by atoms with van der Waals surface area (Å²) in [5, 5.41) is 10.4. The van der Waals surface area contributed by atoms with Crippen LogP contribution in [0.15, 0.2) is 22.9 Å². The average molecular weight is 361 g/mol. The predicted molar refractivity (Wildman–Crippen MR) is 88.3 cm³/mol. The Balaban J connectivity index is 1.47. The quantitative estimate of drug-likeness (QED) is 0.647.